The molecule has 3 saturated heterocycles. The third-order valence-electron chi connectivity index (χ3n) is 12.6. The molecule has 4 amide bonds. The highest BCUT2D eigenvalue weighted by molar-refractivity contribution is 6.36. The first-order valence-corrected chi connectivity index (χ1v) is 19.9. The first-order valence-electron chi connectivity index (χ1n) is 19.2. The minimum absolute atomic E-state index is 0.0948. The molecule has 298 valence electrons. The van der Waals surface area contributed by atoms with Crippen LogP contribution >= 0.6 is 23.2 Å². The molecule has 6 atom stereocenters. The molecule has 3 heterocycles. The van der Waals surface area contributed by atoms with Gasteiger partial charge in [0.1, 0.15) is 5.75 Å². The molecule has 0 radical (unpaired) electrons. The van der Waals surface area contributed by atoms with Gasteiger partial charge in [-0.2, -0.15) is 5.01 Å². The van der Waals surface area contributed by atoms with Gasteiger partial charge in [-0.1, -0.05) is 53.1 Å². The number of benzene rings is 4. The molecule has 2 N–H and O–H groups in total. The van der Waals surface area contributed by atoms with Crippen LogP contribution in [0.15, 0.2) is 96.6 Å². The molecule has 5 aliphatic rings. The molecular weight excluding hydrogens is 783 g/mol. The highest BCUT2D eigenvalue weighted by atomic mass is 35.5. The predicted octanol–water partition coefficient (Wildman–Crippen LogP) is 6.74. The van der Waals surface area contributed by atoms with Gasteiger partial charge >= 0.3 is 0 Å². The van der Waals surface area contributed by atoms with E-state index < -0.39 is 46.8 Å². The quantitative estimate of drug-likeness (QED) is 0.145. The second-order valence-corrected chi connectivity index (χ2v) is 16.1. The number of allylic oxidation sites excluding steroid dienone is 2. The average molecular weight is 824 g/mol. The molecule has 4 fully saturated rings. The second kappa shape index (κ2) is 14.7. The number of nitrogens with one attached hydrogen (secondary N) is 1. The number of halogens is 2. The lowest BCUT2D eigenvalue weighted by Gasteiger charge is -2.50. The average Bonchev–Trinajstić information content (AvgIpc) is 3.62. The highest BCUT2D eigenvalue weighted by Gasteiger charge is 2.70. The van der Waals surface area contributed by atoms with Crippen LogP contribution in [-0.4, -0.2) is 74.3 Å². The Labute approximate surface area is 344 Å². The van der Waals surface area contributed by atoms with Crippen molar-refractivity contribution in [1.82, 2.24) is 5.01 Å². The third kappa shape index (κ3) is 5.83. The molecule has 6 unspecified atom stereocenters. The van der Waals surface area contributed by atoms with E-state index in [-0.39, 0.29) is 41.2 Å². The number of carbonyl (C=O) groups excluding carboxylic acids is 4. The van der Waals surface area contributed by atoms with Crippen molar-refractivity contribution in [2.24, 2.45) is 23.7 Å². The predicted molar refractivity (Wildman–Crippen MR) is 217 cm³/mol. The Morgan fingerprint density at radius 1 is 0.810 bits per heavy atom. The summed E-state index contributed by atoms with van der Waals surface area (Å²) in [4.78, 5) is 63.1. The zero-order chi connectivity index (χ0) is 40.5. The van der Waals surface area contributed by atoms with Crippen molar-refractivity contribution in [2.75, 3.05) is 55.7 Å². The van der Waals surface area contributed by atoms with Gasteiger partial charge in [-0.15, -0.1) is 0 Å². The van der Waals surface area contributed by atoms with Gasteiger partial charge in [0.25, 0.3) is 11.8 Å². The van der Waals surface area contributed by atoms with E-state index in [0.29, 0.717) is 46.5 Å². The van der Waals surface area contributed by atoms with E-state index in [1.807, 2.05) is 18.2 Å². The molecule has 9 rings (SSSR count). The van der Waals surface area contributed by atoms with E-state index in [2.05, 4.69) is 10.3 Å². The Kier molecular flexibility index (Phi) is 9.61. The number of hydrogen-bond donors (Lipinski definition) is 2. The van der Waals surface area contributed by atoms with Crippen LogP contribution in [0.3, 0.4) is 0 Å². The summed E-state index contributed by atoms with van der Waals surface area (Å²) in [7, 11) is 2.99. The lowest BCUT2D eigenvalue weighted by Crippen LogP contribution is -2.53. The van der Waals surface area contributed by atoms with Gasteiger partial charge in [0.15, 0.2) is 11.5 Å². The number of imide groups is 2. The van der Waals surface area contributed by atoms with E-state index in [0.717, 1.165) is 29.4 Å². The molecule has 12 nitrogen and oxygen atoms in total. The second-order valence-electron chi connectivity index (χ2n) is 15.3. The smallest absolute Gasteiger partial charge is 0.260 e. The number of fused-ring (bicyclic) bond motifs is 4. The fraction of sp³-hybridized carbons (Fsp3) is 0.318. The summed E-state index contributed by atoms with van der Waals surface area (Å²) < 4.78 is 16.4. The number of hydrazine groups is 1. The van der Waals surface area contributed by atoms with Crippen molar-refractivity contribution in [3.05, 3.63) is 118 Å². The SMILES string of the molecule is COc1ccc(C23C(=O)N(Nc4ccc(Cl)cc4Cl)C(=O)C2CC2C(=CCC4C(=O)N(c5ccc(N6CCOCC6)cc5)C(=O)C42)C3c2ccc(OC)c(O)c2)cc1. The number of amides is 4. The van der Waals surface area contributed by atoms with Crippen LogP contribution in [0.4, 0.5) is 17.1 Å². The molecule has 58 heavy (non-hydrogen) atoms. The maximum Gasteiger partial charge on any atom is 0.260 e. The van der Waals surface area contributed by atoms with Crippen molar-refractivity contribution in [1.29, 1.82) is 0 Å². The fourth-order valence-corrected chi connectivity index (χ4v) is 10.4. The molecule has 2 aliphatic carbocycles. The van der Waals surface area contributed by atoms with E-state index in [9.17, 15) is 14.7 Å². The largest absolute Gasteiger partial charge is 0.504 e. The summed E-state index contributed by atoms with van der Waals surface area (Å²) >= 11 is 12.8. The van der Waals surface area contributed by atoms with Gasteiger partial charge in [0, 0.05) is 29.7 Å². The van der Waals surface area contributed by atoms with Crippen molar-refractivity contribution in [3.8, 4) is 17.2 Å². The van der Waals surface area contributed by atoms with Crippen LogP contribution in [0.2, 0.25) is 10.0 Å². The van der Waals surface area contributed by atoms with E-state index >= 15 is 9.59 Å². The molecule has 4 aromatic rings. The monoisotopic (exact) mass is 822 g/mol. The van der Waals surface area contributed by atoms with Gasteiger partial charge in [0.2, 0.25) is 11.8 Å². The molecule has 0 aromatic heterocycles. The van der Waals surface area contributed by atoms with Crippen LogP contribution in [0.25, 0.3) is 0 Å². The highest BCUT2D eigenvalue weighted by Crippen LogP contribution is 2.64. The van der Waals surface area contributed by atoms with Crippen LogP contribution < -0.4 is 24.7 Å². The summed E-state index contributed by atoms with van der Waals surface area (Å²) in [5.41, 5.74) is 4.99. The third-order valence-corrected chi connectivity index (χ3v) is 13.1. The first-order chi connectivity index (χ1) is 28.1. The van der Waals surface area contributed by atoms with Crippen molar-refractivity contribution >= 4 is 63.9 Å². The summed E-state index contributed by atoms with van der Waals surface area (Å²) in [6, 6.07) is 24.1. The lowest BCUT2D eigenvalue weighted by atomic mass is 9.49. The molecular formula is C44H40Cl2N4O8. The number of hydrogen-bond acceptors (Lipinski definition) is 10. The number of phenols is 1. The first kappa shape index (κ1) is 38.0. The van der Waals surface area contributed by atoms with E-state index in [4.69, 9.17) is 37.4 Å². The van der Waals surface area contributed by atoms with Gasteiger partial charge in [-0.3, -0.25) is 29.5 Å². The van der Waals surface area contributed by atoms with Gasteiger partial charge in [-0.05, 0) is 96.6 Å². The van der Waals surface area contributed by atoms with Crippen molar-refractivity contribution < 1.29 is 38.5 Å². The Balaban J connectivity index is 1.18. The van der Waals surface area contributed by atoms with Crippen LogP contribution in [0.5, 0.6) is 17.2 Å². The zero-order valence-corrected chi connectivity index (χ0v) is 33.2. The fourth-order valence-electron chi connectivity index (χ4n) is 9.99. The standard InChI is InChI=1S/C44H40Cl2N4O8/c1-56-29-11-4-25(5-12-29)44-33(41(53)50(43(44)55)47-35-15-6-26(45)22-34(35)46)23-32-30(39(44)24-3-16-37(57-2)36(51)21-24)13-14-31-38(32)42(54)49(40(31)52)28-9-7-27(8-10-28)48-17-19-58-20-18-48/h3-13,15-16,21-22,31-33,38-39,47,51H,14,17-20,23H2,1-2H3. The Morgan fingerprint density at radius 2 is 1.53 bits per heavy atom. The maximum absolute atomic E-state index is 15.5. The number of rotatable bonds is 8. The number of aromatic hydroxyl groups is 1. The summed E-state index contributed by atoms with van der Waals surface area (Å²) in [6.45, 7) is 2.74. The maximum atomic E-state index is 15.5. The number of ether oxygens (including phenoxy) is 3. The Hall–Kier alpha value is -5.56. The molecule has 0 spiro atoms. The van der Waals surface area contributed by atoms with Gasteiger partial charge in [0.05, 0.1) is 67.0 Å². The van der Waals surface area contributed by atoms with Gasteiger partial charge < -0.3 is 24.2 Å². The van der Waals surface area contributed by atoms with E-state index in [1.165, 1.54) is 18.1 Å². The zero-order valence-electron chi connectivity index (χ0n) is 31.7. The van der Waals surface area contributed by atoms with Crippen LogP contribution in [0, 0.1) is 23.7 Å². The Bertz CT molecular complexity index is 2370. The topological polar surface area (TPSA) is 138 Å². The molecule has 1 saturated carbocycles. The molecule has 4 aromatic carbocycles. The minimum atomic E-state index is -1.58. The molecule has 3 aliphatic heterocycles. The molecule has 0 bridgehead atoms. The van der Waals surface area contributed by atoms with Crippen molar-refractivity contribution in [2.45, 2.75) is 24.2 Å². The van der Waals surface area contributed by atoms with Crippen molar-refractivity contribution in [3.63, 3.8) is 0 Å². The summed E-state index contributed by atoms with van der Waals surface area (Å²) in [5.74, 6) is -5.06. The number of phenolic OH excluding ortho intramolecular Hbond substituents is 1. The van der Waals surface area contributed by atoms with Gasteiger partial charge in [-0.25, -0.2) is 0 Å². The summed E-state index contributed by atoms with van der Waals surface area (Å²) in [6.07, 6.45) is 2.31. The van der Waals surface area contributed by atoms with Crippen LogP contribution in [-0.2, 0) is 29.3 Å². The number of anilines is 3. The normalized spacial score (nSPS) is 26.6. The molecule has 14 heteroatoms. The lowest BCUT2D eigenvalue weighted by molar-refractivity contribution is -0.138. The number of carbonyl (C=O) groups is 4. The van der Waals surface area contributed by atoms with Crippen LogP contribution in [0.1, 0.15) is 29.9 Å². The number of morpholine rings is 1. The summed E-state index contributed by atoms with van der Waals surface area (Å²) in [5, 5.41) is 12.8. The number of methoxy groups -OCH3 is 2. The minimum Gasteiger partial charge on any atom is -0.504 e. The number of nitrogens with zero attached hydrogens (tertiary/aromatic N) is 3. The Morgan fingerprint density at radius 3 is 2.21 bits per heavy atom. The van der Waals surface area contributed by atoms with E-state index in [1.54, 1.807) is 73.8 Å².